The molecular weight excluding hydrogens is 210 g/mol. The van der Waals surface area contributed by atoms with E-state index in [-0.39, 0.29) is 47.4 Å². The first kappa shape index (κ1) is 14.6. The summed E-state index contributed by atoms with van der Waals surface area (Å²) in [6.45, 7) is 5.02. The Bertz CT molecular complexity index is 292. The Balaban J connectivity index is 5.19. The maximum atomic E-state index is 11.6. The molecule has 16 heavy (non-hydrogen) atoms. The number of Topliss-reactive ketones (excluding diaryl/α,β-unsaturated/α-hetero) is 3. The second-order valence-electron chi connectivity index (χ2n) is 4.24. The Hall–Kier alpha value is -1.36. The van der Waals surface area contributed by atoms with Gasteiger partial charge in [0.25, 0.3) is 0 Å². The van der Waals surface area contributed by atoms with Crippen molar-refractivity contribution in [3.05, 3.63) is 0 Å². The summed E-state index contributed by atoms with van der Waals surface area (Å²) in [5.74, 6) is -0.964. The predicted octanol–water partition coefficient (Wildman–Crippen LogP) is 0.117. The first-order valence-corrected chi connectivity index (χ1v) is 5.05. The zero-order chi connectivity index (χ0) is 12.9. The lowest BCUT2D eigenvalue weighted by Crippen LogP contribution is -2.58. The lowest BCUT2D eigenvalue weighted by molar-refractivity contribution is -0.829. The fourth-order valence-corrected chi connectivity index (χ4v) is 1.78. The Morgan fingerprint density at radius 2 is 0.938 bits per heavy atom. The summed E-state index contributed by atoms with van der Waals surface area (Å²) in [7, 11) is 0. The van der Waals surface area contributed by atoms with E-state index in [2.05, 4.69) is 0 Å². The van der Waals surface area contributed by atoms with Crippen LogP contribution in [0.4, 0.5) is 0 Å². The average Bonchev–Trinajstić information content (AvgIpc) is 1.98. The number of rotatable bonds is 6. The normalized spacial score (nSPS) is 11.0. The van der Waals surface area contributed by atoms with E-state index in [0.29, 0.717) is 0 Å². The van der Waals surface area contributed by atoms with E-state index in [1.807, 2.05) is 0 Å². The quantitative estimate of drug-likeness (QED) is 0.605. The number of carbonyl (C=O) groups excluding carboxylic acids is 4. The van der Waals surface area contributed by atoms with Crippen LogP contribution in [-0.2, 0) is 19.2 Å². The molecule has 0 N–H and O–H groups in total. The minimum absolute atomic E-state index is 0.103. The highest BCUT2D eigenvalue weighted by atomic mass is 16.2. The highest BCUT2D eigenvalue weighted by molar-refractivity contribution is 5.85. The lowest BCUT2D eigenvalue weighted by Gasteiger charge is -2.32. The van der Waals surface area contributed by atoms with Crippen molar-refractivity contribution < 1.29 is 23.7 Å². The van der Waals surface area contributed by atoms with E-state index in [4.69, 9.17) is 0 Å². The van der Waals surface area contributed by atoms with E-state index in [1.165, 1.54) is 27.7 Å². The van der Waals surface area contributed by atoms with Crippen molar-refractivity contribution in [1.82, 2.24) is 0 Å². The molecule has 0 aliphatic rings. The standard InChI is InChI=1S/C11H18NO4/c1-8(13)5-12(11(4)16,6-9(2)14)7-10(3)15/h5-7H2,1-4H3/q+1. The first-order chi connectivity index (χ1) is 7.19. The Labute approximate surface area is 95.0 Å². The van der Waals surface area contributed by atoms with E-state index in [1.54, 1.807) is 0 Å². The molecule has 5 heteroatoms. The van der Waals surface area contributed by atoms with Gasteiger partial charge in [0, 0.05) is 20.8 Å². The minimum Gasteiger partial charge on any atom is -0.294 e. The van der Waals surface area contributed by atoms with Crippen molar-refractivity contribution in [2.45, 2.75) is 27.7 Å². The third kappa shape index (κ3) is 4.44. The largest absolute Gasteiger partial charge is 0.311 e. The third-order valence-corrected chi connectivity index (χ3v) is 2.24. The third-order valence-electron chi connectivity index (χ3n) is 2.24. The highest BCUT2D eigenvalue weighted by Crippen LogP contribution is 2.09. The van der Waals surface area contributed by atoms with Gasteiger partial charge in [0.2, 0.25) is 0 Å². The van der Waals surface area contributed by atoms with Crippen LogP contribution in [0.15, 0.2) is 0 Å². The van der Waals surface area contributed by atoms with Gasteiger partial charge in [-0.15, -0.1) is 0 Å². The van der Waals surface area contributed by atoms with Crippen LogP contribution in [0, 0.1) is 0 Å². The molecule has 0 unspecified atom stereocenters. The molecule has 0 aromatic rings. The number of carbonyl (C=O) groups is 4. The van der Waals surface area contributed by atoms with Gasteiger partial charge in [-0.05, 0) is 0 Å². The molecule has 0 aliphatic carbocycles. The molecule has 1 amide bonds. The van der Waals surface area contributed by atoms with Gasteiger partial charge in [-0.25, -0.2) is 9.28 Å². The summed E-state index contributed by atoms with van der Waals surface area (Å²) in [5, 5.41) is 0. The van der Waals surface area contributed by atoms with Crippen LogP contribution in [0.1, 0.15) is 27.7 Å². The molecule has 90 valence electrons. The van der Waals surface area contributed by atoms with Gasteiger partial charge in [-0.3, -0.25) is 14.4 Å². The molecule has 0 saturated carbocycles. The van der Waals surface area contributed by atoms with Crippen molar-refractivity contribution in [3.63, 3.8) is 0 Å². The van der Waals surface area contributed by atoms with Crippen LogP contribution in [0.5, 0.6) is 0 Å². The molecule has 0 fully saturated rings. The van der Waals surface area contributed by atoms with Crippen LogP contribution in [0.25, 0.3) is 0 Å². The topological polar surface area (TPSA) is 68.3 Å². The Kier molecular flexibility index (Phi) is 5.17. The first-order valence-electron chi connectivity index (χ1n) is 5.05. The number of ketones is 3. The summed E-state index contributed by atoms with van der Waals surface area (Å²) in [6, 6.07) is 0. The number of nitrogens with zero attached hydrogens (tertiary/aromatic N) is 1. The average molecular weight is 228 g/mol. The van der Waals surface area contributed by atoms with Crippen LogP contribution >= 0.6 is 0 Å². The minimum atomic E-state index is -0.389. The van der Waals surface area contributed by atoms with Crippen LogP contribution in [0.2, 0.25) is 0 Å². The van der Waals surface area contributed by atoms with Crippen LogP contribution < -0.4 is 0 Å². The van der Waals surface area contributed by atoms with Gasteiger partial charge in [0.15, 0.2) is 17.3 Å². The Morgan fingerprint density at radius 1 is 0.688 bits per heavy atom. The Morgan fingerprint density at radius 3 is 1.06 bits per heavy atom. The van der Waals surface area contributed by atoms with E-state index >= 15 is 0 Å². The molecule has 0 bridgehead atoms. The summed E-state index contributed by atoms with van der Waals surface area (Å²) in [6.07, 6.45) is 0. The maximum Gasteiger partial charge on any atom is 0.311 e. The number of quaternary nitrogens is 1. The van der Waals surface area contributed by atoms with Gasteiger partial charge in [0.1, 0.15) is 19.6 Å². The van der Waals surface area contributed by atoms with Gasteiger partial charge in [-0.1, -0.05) is 0 Å². The number of amides is 1. The second kappa shape index (κ2) is 5.65. The summed E-state index contributed by atoms with van der Waals surface area (Å²) in [4.78, 5) is 45.0. The fourth-order valence-electron chi connectivity index (χ4n) is 1.78. The van der Waals surface area contributed by atoms with E-state index in [0.717, 1.165) is 0 Å². The van der Waals surface area contributed by atoms with Crippen molar-refractivity contribution in [2.24, 2.45) is 0 Å². The van der Waals surface area contributed by atoms with Gasteiger partial charge >= 0.3 is 5.91 Å². The van der Waals surface area contributed by atoms with Gasteiger partial charge in [-0.2, -0.15) is 0 Å². The predicted molar refractivity (Wildman–Crippen MR) is 57.6 cm³/mol. The highest BCUT2D eigenvalue weighted by Gasteiger charge is 2.37. The number of hydrogen-bond donors (Lipinski definition) is 0. The fraction of sp³-hybridized carbons (Fsp3) is 0.636. The van der Waals surface area contributed by atoms with Crippen molar-refractivity contribution >= 4 is 23.3 Å². The summed E-state index contributed by atoms with van der Waals surface area (Å²) < 4.78 is -0.389. The molecule has 0 aromatic carbocycles. The zero-order valence-corrected chi connectivity index (χ0v) is 10.2. The number of hydrogen-bond acceptors (Lipinski definition) is 4. The van der Waals surface area contributed by atoms with Crippen molar-refractivity contribution in [2.75, 3.05) is 19.6 Å². The molecule has 0 radical (unpaired) electrons. The molecule has 0 saturated heterocycles. The molecule has 0 rings (SSSR count). The van der Waals surface area contributed by atoms with Gasteiger partial charge in [0.05, 0.1) is 6.92 Å². The van der Waals surface area contributed by atoms with Crippen molar-refractivity contribution in [1.29, 1.82) is 0 Å². The van der Waals surface area contributed by atoms with Gasteiger partial charge < -0.3 is 0 Å². The molecule has 0 aliphatic heterocycles. The molecule has 0 spiro atoms. The monoisotopic (exact) mass is 228 g/mol. The smallest absolute Gasteiger partial charge is 0.294 e. The maximum absolute atomic E-state index is 11.6. The summed E-state index contributed by atoms with van der Waals surface area (Å²) >= 11 is 0. The molecule has 0 atom stereocenters. The SMILES string of the molecule is CC(=O)C[N+](CC(C)=O)(CC(C)=O)C(C)=O. The molecular formula is C11H18NO4+. The van der Waals surface area contributed by atoms with E-state index in [9.17, 15) is 19.2 Å². The second-order valence-corrected chi connectivity index (χ2v) is 4.24. The van der Waals surface area contributed by atoms with Crippen LogP contribution in [0.3, 0.4) is 0 Å². The van der Waals surface area contributed by atoms with Crippen molar-refractivity contribution in [3.8, 4) is 0 Å². The molecule has 0 aromatic heterocycles. The lowest BCUT2D eigenvalue weighted by atomic mass is 10.2. The van der Waals surface area contributed by atoms with E-state index < -0.39 is 0 Å². The summed E-state index contributed by atoms with van der Waals surface area (Å²) in [5.41, 5.74) is 0. The molecule has 0 heterocycles. The zero-order valence-electron chi connectivity index (χ0n) is 10.2. The van der Waals surface area contributed by atoms with Crippen LogP contribution in [-0.4, -0.2) is 47.4 Å². The molecule has 5 nitrogen and oxygen atoms in total.